The van der Waals surface area contributed by atoms with Crippen LogP contribution in [0.5, 0.6) is 0 Å². The maximum atomic E-state index is 2.51. The molecule has 0 atom stereocenters. The van der Waals surface area contributed by atoms with Gasteiger partial charge in [0.1, 0.15) is 0 Å². The topological polar surface area (TPSA) is 0 Å². The fraction of sp³-hybridized carbons (Fsp3) is 0.900. The highest BCUT2D eigenvalue weighted by Gasteiger charge is 2.23. The second-order valence-corrected chi connectivity index (χ2v) is 9.13. The highest BCUT2D eigenvalue weighted by atomic mass is 31.2. The maximum Gasteiger partial charge on any atom is -0.0216 e. The van der Waals surface area contributed by atoms with Crippen molar-refractivity contribution in [3.63, 3.8) is 0 Å². The lowest BCUT2D eigenvalue weighted by Crippen LogP contribution is -2.06. The summed E-state index contributed by atoms with van der Waals surface area (Å²) in [6.45, 7) is 9.03. The summed E-state index contributed by atoms with van der Waals surface area (Å²) in [5, 5.41) is 1.71. The van der Waals surface area contributed by atoms with Gasteiger partial charge in [0.05, 0.1) is 0 Å². The van der Waals surface area contributed by atoms with Crippen LogP contribution in [0.1, 0.15) is 39.5 Å². The Morgan fingerprint density at radius 3 is 1.91 bits per heavy atom. The third-order valence-electron chi connectivity index (χ3n) is 3.39. The van der Waals surface area contributed by atoms with Crippen molar-refractivity contribution in [1.82, 2.24) is 0 Å². The summed E-state index contributed by atoms with van der Waals surface area (Å²) in [7, 11) is 0. The average Bonchev–Trinajstić information content (AvgIpc) is 2.37. The van der Waals surface area contributed by atoms with E-state index < -0.39 is 6.89 Å². The molecule has 1 saturated carbocycles. The molecule has 66 valence electrons. The normalized spacial score (nSPS) is 20.7. The summed E-state index contributed by atoms with van der Waals surface area (Å²) < 4.78 is 0. The molecule has 0 N–H and O–H groups in total. The molecule has 1 aliphatic rings. The predicted molar refractivity (Wildman–Crippen MR) is 57.4 cm³/mol. The van der Waals surface area contributed by atoms with E-state index in [9.17, 15) is 0 Å². The minimum Gasteiger partial charge on any atom is -0.109 e. The summed E-state index contributed by atoms with van der Waals surface area (Å²) in [6, 6.07) is 0. The van der Waals surface area contributed by atoms with Crippen LogP contribution in [0.2, 0.25) is 0 Å². The van der Waals surface area contributed by atoms with E-state index in [2.05, 4.69) is 27.2 Å². The van der Waals surface area contributed by atoms with Crippen LogP contribution < -0.4 is 0 Å². The van der Waals surface area contributed by atoms with Gasteiger partial charge in [-0.05, 0) is 45.7 Å². The van der Waals surface area contributed by atoms with Crippen LogP contribution in [0.3, 0.4) is 0 Å². The van der Waals surface area contributed by atoms with Crippen LogP contribution in [0.15, 0.2) is 0 Å². The molecule has 1 fully saturated rings. The standard InChI is InChI=1S/C10H21P/c1-9(2)11(3,4)10-7-5-6-8-10/h10H,5-8H2,1-4H3. The molecule has 0 radical (unpaired) electrons. The molecular weight excluding hydrogens is 151 g/mol. The Labute approximate surface area is 71.4 Å². The van der Waals surface area contributed by atoms with Gasteiger partial charge in [-0.3, -0.25) is 0 Å². The monoisotopic (exact) mass is 172 g/mol. The van der Waals surface area contributed by atoms with E-state index in [-0.39, 0.29) is 0 Å². The summed E-state index contributed by atoms with van der Waals surface area (Å²) in [4.78, 5) is 0. The Morgan fingerprint density at radius 1 is 1.09 bits per heavy atom. The zero-order chi connectivity index (χ0) is 8.48. The molecule has 0 saturated heterocycles. The quantitative estimate of drug-likeness (QED) is 0.532. The van der Waals surface area contributed by atoms with Crippen LogP contribution in [-0.2, 0) is 0 Å². The van der Waals surface area contributed by atoms with Gasteiger partial charge in [0.25, 0.3) is 0 Å². The first-order valence-corrected chi connectivity index (χ1v) is 7.45. The van der Waals surface area contributed by atoms with Gasteiger partial charge in [0.2, 0.25) is 0 Å². The SMILES string of the molecule is CC(C)=P(C)(C)C1CCCC1. The van der Waals surface area contributed by atoms with Crippen molar-refractivity contribution in [2.45, 2.75) is 45.2 Å². The van der Waals surface area contributed by atoms with Crippen molar-refractivity contribution in [2.75, 3.05) is 13.3 Å². The molecule has 0 aliphatic heterocycles. The van der Waals surface area contributed by atoms with Crippen molar-refractivity contribution < 1.29 is 0 Å². The molecule has 0 amide bonds. The van der Waals surface area contributed by atoms with Crippen molar-refractivity contribution >= 4 is 12.2 Å². The van der Waals surface area contributed by atoms with Gasteiger partial charge >= 0.3 is 0 Å². The molecule has 0 aromatic heterocycles. The molecule has 0 unspecified atom stereocenters. The van der Waals surface area contributed by atoms with Crippen LogP contribution in [0, 0.1) is 0 Å². The molecule has 0 nitrogen and oxygen atoms in total. The first kappa shape index (κ1) is 9.39. The average molecular weight is 172 g/mol. The second kappa shape index (κ2) is 3.35. The van der Waals surface area contributed by atoms with Gasteiger partial charge in [-0.2, -0.15) is 0 Å². The molecular formula is C10H21P. The summed E-state index contributed by atoms with van der Waals surface area (Å²) >= 11 is 0. The predicted octanol–water partition coefficient (Wildman–Crippen LogP) is 3.42. The van der Waals surface area contributed by atoms with E-state index in [1.807, 2.05) is 0 Å². The Bertz CT molecular complexity index is 175. The van der Waals surface area contributed by atoms with Gasteiger partial charge in [0, 0.05) is 0 Å². The van der Waals surface area contributed by atoms with E-state index in [0.717, 1.165) is 5.66 Å². The minimum atomic E-state index is -0.645. The fourth-order valence-electron chi connectivity index (χ4n) is 1.91. The molecule has 1 rings (SSSR count). The van der Waals surface area contributed by atoms with Crippen molar-refractivity contribution in [2.24, 2.45) is 0 Å². The molecule has 0 aromatic rings. The van der Waals surface area contributed by atoms with E-state index >= 15 is 0 Å². The van der Waals surface area contributed by atoms with Crippen LogP contribution in [-0.4, -0.2) is 24.3 Å². The first-order chi connectivity index (χ1) is 5.05. The molecule has 0 bridgehead atoms. The molecule has 11 heavy (non-hydrogen) atoms. The lowest BCUT2D eigenvalue weighted by Gasteiger charge is -2.25. The van der Waals surface area contributed by atoms with Gasteiger partial charge in [-0.25, -0.2) is 0 Å². The van der Waals surface area contributed by atoms with E-state index in [1.54, 1.807) is 5.29 Å². The van der Waals surface area contributed by atoms with E-state index in [1.165, 1.54) is 25.7 Å². The summed E-state index contributed by atoms with van der Waals surface area (Å²) in [5.41, 5.74) is 1.08. The lowest BCUT2D eigenvalue weighted by atomic mass is 10.4. The molecule has 0 spiro atoms. The van der Waals surface area contributed by atoms with Crippen LogP contribution in [0.4, 0.5) is 0 Å². The van der Waals surface area contributed by atoms with Crippen molar-refractivity contribution in [1.29, 1.82) is 0 Å². The largest absolute Gasteiger partial charge is 0.109 e. The third-order valence-corrected chi connectivity index (χ3v) is 8.04. The van der Waals surface area contributed by atoms with Crippen molar-refractivity contribution in [3.05, 3.63) is 0 Å². The Morgan fingerprint density at radius 2 is 1.55 bits per heavy atom. The minimum absolute atomic E-state index is 0.645. The van der Waals surface area contributed by atoms with Gasteiger partial charge < -0.3 is 0 Å². The van der Waals surface area contributed by atoms with Crippen LogP contribution in [0.25, 0.3) is 0 Å². The van der Waals surface area contributed by atoms with Crippen molar-refractivity contribution in [3.8, 4) is 0 Å². The number of hydrogen-bond acceptors (Lipinski definition) is 0. The second-order valence-electron chi connectivity index (χ2n) is 4.43. The number of rotatable bonds is 1. The highest BCUT2D eigenvalue weighted by molar-refractivity contribution is 7.75. The van der Waals surface area contributed by atoms with Gasteiger partial charge in [-0.1, -0.05) is 18.1 Å². The molecule has 1 aliphatic carbocycles. The molecule has 0 aromatic carbocycles. The van der Waals surface area contributed by atoms with E-state index in [4.69, 9.17) is 0 Å². The fourth-order valence-corrected chi connectivity index (χ4v) is 4.30. The number of hydrogen-bond donors (Lipinski definition) is 0. The molecule has 1 heteroatoms. The highest BCUT2D eigenvalue weighted by Crippen LogP contribution is 2.52. The Kier molecular flexibility index (Phi) is 2.86. The zero-order valence-corrected chi connectivity index (χ0v) is 9.25. The third kappa shape index (κ3) is 1.90. The lowest BCUT2D eigenvalue weighted by molar-refractivity contribution is 0.886. The summed E-state index contributed by atoms with van der Waals surface area (Å²) in [6.07, 6.45) is 5.99. The van der Waals surface area contributed by atoms with E-state index in [0.29, 0.717) is 0 Å². The summed E-state index contributed by atoms with van der Waals surface area (Å²) in [5.74, 6) is 0. The van der Waals surface area contributed by atoms with Gasteiger partial charge in [0.15, 0.2) is 0 Å². The molecule has 0 heterocycles. The Hall–Kier alpha value is 0.300. The maximum absolute atomic E-state index is 2.51. The van der Waals surface area contributed by atoms with Crippen LogP contribution >= 0.6 is 6.89 Å². The Balaban J connectivity index is 2.79. The zero-order valence-electron chi connectivity index (χ0n) is 8.35. The van der Waals surface area contributed by atoms with Gasteiger partial charge in [-0.15, -0.1) is 6.89 Å². The smallest absolute Gasteiger partial charge is 0.0216 e. The first-order valence-electron chi connectivity index (χ1n) is 4.69.